The van der Waals surface area contributed by atoms with E-state index in [0.29, 0.717) is 5.57 Å². The van der Waals surface area contributed by atoms with Crippen LogP contribution in [0.2, 0.25) is 0 Å². The number of carbonyl (C=O) groups is 2. The Morgan fingerprint density at radius 3 is 2.24 bits per heavy atom. The Hall–Kier alpha value is -2.44. The molecule has 0 fully saturated rings. The molecule has 0 saturated carbocycles. The van der Waals surface area contributed by atoms with Crippen LogP contribution in [0.4, 0.5) is 4.79 Å². The second-order valence-electron chi connectivity index (χ2n) is 3.04. The molecule has 0 aliphatic carbocycles. The fourth-order valence-corrected chi connectivity index (χ4v) is 0.803. The van der Waals surface area contributed by atoms with E-state index in [1.165, 1.54) is 12.2 Å². The quantitative estimate of drug-likeness (QED) is 0.389. The number of carbonyl (C=O) groups excluding carboxylic acids is 1. The van der Waals surface area contributed by atoms with Crippen molar-refractivity contribution in [3.63, 3.8) is 0 Å². The van der Waals surface area contributed by atoms with Crippen molar-refractivity contribution in [2.75, 3.05) is 13.1 Å². The van der Waals surface area contributed by atoms with E-state index in [0.717, 1.165) is 0 Å². The predicted molar refractivity (Wildman–Crippen MR) is 63.8 cm³/mol. The molecule has 0 aliphatic rings. The number of amides is 2. The Morgan fingerprint density at radius 2 is 1.76 bits per heavy atom. The molecule has 0 aromatic heterocycles. The largest absolute Gasteiger partial charge is 0.480 e. The molecule has 0 atom stereocenters. The van der Waals surface area contributed by atoms with Crippen molar-refractivity contribution >= 4 is 12.0 Å². The third-order valence-electron chi connectivity index (χ3n) is 1.61. The van der Waals surface area contributed by atoms with Crippen molar-refractivity contribution in [2.24, 2.45) is 11.5 Å². The van der Waals surface area contributed by atoms with E-state index in [1.54, 1.807) is 6.08 Å². The van der Waals surface area contributed by atoms with Crippen molar-refractivity contribution in [1.29, 1.82) is 0 Å². The maximum absolute atomic E-state index is 11.1. The Labute approximate surface area is 98.9 Å². The van der Waals surface area contributed by atoms with Crippen molar-refractivity contribution in [2.45, 2.75) is 0 Å². The molecule has 17 heavy (non-hydrogen) atoms. The number of carboxylic acids is 1. The monoisotopic (exact) mass is 240 g/mol. The van der Waals surface area contributed by atoms with Gasteiger partial charge in [0.1, 0.15) is 6.54 Å². The van der Waals surface area contributed by atoms with Gasteiger partial charge in [0.2, 0.25) is 0 Å². The van der Waals surface area contributed by atoms with Gasteiger partial charge in [-0.3, -0.25) is 4.79 Å². The lowest BCUT2D eigenvalue weighted by Gasteiger charge is -2.06. The average Bonchev–Trinajstić information content (AvgIpc) is 2.26. The summed E-state index contributed by atoms with van der Waals surface area (Å²) in [6, 6.07) is -0.579. The number of nitrogens with two attached hydrogens (primary N) is 2. The maximum atomic E-state index is 11.1. The number of aliphatic carboxylic acids is 1. The summed E-state index contributed by atoms with van der Waals surface area (Å²) in [6.45, 7) is 3.30. The third kappa shape index (κ3) is 8.55. The van der Waals surface area contributed by atoms with Crippen LogP contribution in [-0.2, 0) is 4.79 Å². The maximum Gasteiger partial charge on any atom is 0.323 e. The van der Waals surface area contributed by atoms with Crippen LogP contribution < -0.4 is 22.1 Å². The molecule has 0 rings (SSSR count). The zero-order valence-corrected chi connectivity index (χ0v) is 9.27. The standard InChI is InChI=1S/C10H16N4O3/c1-2-7(3-4-8(11)12)5-13-10(17)14-6-9(15)16/h2-4H,1,5-6,11-12H2,(H,15,16)(H2,13,14,17)/b7-3+. The minimum Gasteiger partial charge on any atom is -0.480 e. The molecule has 0 bridgehead atoms. The minimum absolute atomic E-state index is 0.139. The average molecular weight is 240 g/mol. The first-order valence-electron chi connectivity index (χ1n) is 4.73. The van der Waals surface area contributed by atoms with Gasteiger partial charge >= 0.3 is 12.0 Å². The molecule has 0 spiro atoms. The lowest BCUT2D eigenvalue weighted by Crippen LogP contribution is -2.39. The van der Waals surface area contributed by atoms with Gasteiger partial charge in [0.25, 0.3) is 0 Å². The zero-order chi connectivity index (χ0) is 13.3. The number of allylic oxidation sites excluding steroid dienone is 2. The van der Waals surface area contributed by atoms with Gasteiger partial charge in [-0.2, -0.15) is 0 Å². The summed E-state index contributed by atoms with van der Waals surface area (Å²) in [5, 5.41) is 12.9. The van der Waals surface area contributed by atoms with Crippen LogP contribution in [-0.4, -0.2) is 30.2 Å². The lowest BCUT2D eigenvalue weighted by molar-refractivity contribution is -0.135. The Bertz CT molecular complexity index is 357. The first kappa shape index (κ1) is 14.6. The fourth-order valence-electron chi connectivity index (χ4n) is 0.803. The fraction of sp³-hybridized carbons (Fsp3) is 0.200. The molecule has 0 aliphatic heterocycles. The van der Waals surface area contributed by atoms with Crippen molar-refractivity contribution in [1.82, 2.24) is 10.6 Å². The molecule has 0 saturated heterocycles. The second-order valence-corrected chi connectivity index (χ2v) is 3.04. The Morgan fingerprint density at radius 1 is 1.18 bits per heavy atom. The van der Waals surface area contributed by atoms with Crippen molar-refractivity contribution in [3.8, 4) is 0 Å². The van der Waals surface area contributed by atoms with Crippen LogP contribution in [0.15, 0.2) is 36.2 Å². The molecular formula is C10H16N4O3. The molecule has 7 N–H and O–H groups in total. The van der Waals surface area contributed by atoms with Gasteiger partial charge in [0, 0.05) is 6.54 Å². The highest BCUT2D eigenvalue weighted by molar-refractivity contribution is 5.79. The highest BCUT2D eigenvalue weighted by atomic mass is 16.4. The van der Waals surface area contributed by atoms with Crippen LogP contribution >= 0.6 is 0 Å². The lowest BCUT2D eigenvalue weighted by atomic mass is 10.2. The van der Waals surface area contributed by atoms with Crippen LogP contribution in [0.3, 0.4) is 0 Å². The van der Waals surface area contributed by atoms with E-state index in [9.17, 15) is 9.59 Å². The molecule has 0 radical (unpaired) electrons. The van der Waals surface area contributed by atoms with Gasteiger partial charge < -0.3 is 27.2 Å². The molecule has 7 heteroatoms. The summed E-state index contributed by atoms with van der Waals surface area (Å²) < 4.78 is 0. The van der Waals surface area contributed by atoms with E-state index in [4.69, 9.17) is 16.6 Å². The molecule has 0 aromatic rings. The normalized spacial score (nSPS) is 10.2. The van der Waals surface area contributed by atoms with Gasteiger partial charge in [0.15, 0.2) is 0 Å². The third-order valence-corrected chi connectivity index (χ3v) is 1.61. The summed E-state index contributed by atoms with van der Waals surface area (Å²) in [7, 11) is 0. The number of rotatable bonds is 6. The van der Waals surface area contributed by atoms with E-state index in [-0.39, 0.29) is 12.4 Å². The minimum atomic E-state index is -1.11. The van der Waals surface area contributed by atoms with Crippen molar-refractivity contribution in [3.05, 3.63) is 36.2 Å². The second kappa shape index (κ2) is 7.80. The van der Waals surface area contributed by atoms with Crippen LogP contribution in [0.25, 0.3) is 0 Å². The molecule has 2 amide bonds. The van der Waals surface area contributed by atoms with E-state index >= 15 is 0 Å². The highest BCUT2D eigenvalue weighted by Gasteiger charge is 2.02. The van der Waals surface area contributed by atoms with Crippen LogP contribution in [0, 0.1) is 0 Å². The zero-order valence-electron chi connectivity index (χ0n) is 9.27. The number of hydrogen-bond acceptors (Lipinski definition) is 4. The SMILES string of the molecule is C=C/C(=C\C=C(N)N)CNC(=O)NCC(=O)O. The molecule has 94 valence electrons. The smallest absolute Gasteiger partial charge is 0.323 e. The molecule has 0 unspecified atom stereocenters. The molecule has 7 nitrogen and oxygen atoms in total. The molecular weight excluding hydrogens is 224 g/mol. The van der Waals surface area contributed by atoms with Gasteiger partial charge in [-0.05, 0) is 11.6 Å². The number of nitrogens with one attached hydrogen (secondary N) is 2. The van der Waals surface area contributed by atoms with Crippen LogP contribution in [0.5, 0.6) is 0 Å². The van der Waals surface area contributed by atoms with Crippen molar-refractivity contribution < 1.29 is 14.7 Å². The molecule has 0 aromatic carbocycles. The van der Waals surface area contributed by atoms with Gasteiger partial charge in [-0.15, -0.1) is 0 Å². The number of hydrogen-bond donors (Lipinski definition) is 5. The number of urea groups is 1. The summed E-state index contributed by atoms with van der Waals surface area (Å²) in [4.78, 5) is 21.3. The summed E-state index contributed by atoms with van der Waals surface area (Å²) >= 11 is 0. The first-order valence-corrected chi connectivity index (χ1v) is 4.73. The van der Waals surface area contributed by atoms with Crippen LogP contribution in [0.1, 0.15) is 0 Å². The predicted octanol–water partition coefficient (Wildman–Crippen LogP) is -0.759. The van der Waals surface area contributed by atoms with E-state index in [1.807, 2.05) is 0 Å². The topological polar surface area (TPSA) is 130 Å². The Kier molecular flexibility index (Phi) is 6.68. The summed E-state index contributed by atoms with van der Waals surface area (Å²) in [6.07, 6.45) is 4.59. The summed E-state index contributed by atoms with van der Waals surface area (Å²) in [5.41, 5.74) is 11.1. The summed E-state index contributed by atoms with van der Waals surface area (Å²) in [5.74, 6) is -0.974. The molecule has 0 heterocycles. The van der Waals surface area contributed by atoms with Gasteiger partial charge in [-0.25, -0.2) is 4.79 Å². The first-order chi connectivity index (χ1) is 7.95. The van der Waals surface area contributed by atoms with E-state index in [2.05, 4.69) is 17.2 Å². The van der Waals surface area contributed by atoms with Gasteiger partial charge in [0.05, 0.1) is 5.82 Å². The highest BCUT2D eigenvalue weighted by Crippen LogP contribution is 1.94. The van der Waals surface area contributed by atoms with E-state index < -0.39 is 18.5 Å². The van der Waals surface area contributed by atoms with Gasteiger partial charge in [-0.1, -0.05) is 18.7 Å². The Balaban J connectivity index is 4.11. The number of carboxylic acid groups (broad SMARTS) is 1.